The molecule has 1 aliphatic rings. The van der Waals surface area contributed by atoms with E-state index in [0.717, 1.165) is 17.3 Å². The van der Waals surface area contributed by atoms with E-state index in [9.17, 15) is 0 Å². The summed E-state index contributed by atoms with van der Waals surface area (Å²) in [5.41, 5.74) is 0.938. The quantitative estimate of drug-likeness (QED) is 0.890. The molecule has 0 aliphatic carbocycles. The fourth-order valence-corrected chi connectivity index (χ4v) is 3.36. The summed E-state index contributed by atoms with van der Waals surface area (Å²) in [7, 11) is 1.61. The molecule has 1 aromatic rings. The molecule has 0 amide bonds. The molecule has 18 heavy (non-hydrogen) atoms. The van der Waals surface area contributed by atoms with Crippen LogP contribution in [0.2, 0.25) is 5.02 Å². The molecule has 0 spiro atoms. The standard InChI is InChI=1S/C13H17ClN2OS/c1-8-6-9(2)18-13(15-8)16-10-4-5-12(17-3)11(14)7-10/h4-5,7-9H,6H2,1-3H3,(H,15,16). The van der Waals surface area contributed by atoms with Crippen LogP contribution in [0, 0.1) is 0 Å². The molecule has 1 N–H and O–H groups in total. The Kier molecular flexibility index (Phi) is 4.40. The molecule has 1 aromatic carbocycles. The van der Waals surface area contributed by atoms with Gasteiger partial charge in [0, 0.05) is 10.9 Å². The van der Waals surface area contributed by atoms with Gasteiger partial charge in [-0.05, 0) is 31.5 Å². The van der Waals surface area contributed by atoms with E-state index in [0.29, 0.717) is 22.1 Å². The van der Waals surface area contributed by atoms with Crippen LogP contribution in [0.15, 0.2) is 23.2 Å². The van der Waals surface area contributed by atoms with Gasteiger partial charge in [-0.15, -0.1) is 0 Å². The van der Waals surface area contributed by atoms with E-state index in [1.165, 1.54) is 0 Å². The van der Waals surface area contributed by atoms with Crippen LogP contribution >= 0.6 is 23.4 Å². The van der Waals surface area contributed by atoms with Gasteiger partial charge in [0.2, 0.25) is 0 Å². The van der Waals surface area contributed by atoms with Gasteiger partial charge in [-0.1, -0.05) is 30.3 Å². The smallest absolute Gasteiger partial charge is 0.161 e. The minimum absolute atomic E-state index is 0.373. The molecule has 0 saturated heterocycles. The van der Waals surface area contributed by atoms with E-state index in [1.54, 1.807) is 18.9 Å². The summed E-state index contributed by atoms with van der Waals surface area (Å²) in [6.07, 6.45) is 1.12. The molecule has 0 fully saturated rings. The molecule has 3 nitrogen and oxygen atoms in total. The van der Waals surface area contributed by atoms with Gasteiger partial charge < -0.3 is 10.1 Å². The number of aliphatic imine (C=N–C) groups is 1. The third-order valence-corrected chi connectivity index (χ3v) is 4.05. The van der Waals surface area contributed by atoms with Crippen LogP contribution in [-0.2, 0) is 0 Å². The highest BCUT2D eigenvalue weighted by molar-refractivity contribution is 8.14. The van der Waals surface area contributed by atoms with Crippen molar-refractivity contribution in [3.05, 3.63) is 23.2 Å². The zero-order chi connectivity index (χ0) is 13.1. The van der Waals surface area contributed by atoms with Crippen LogP contribution in [0.1, 0.15) is 20.3 Å². The van der Waals surface area contributed by atoms with Crippen molar-refractivity contribution in [3.8, 4) is 5.75 Å². The molecule has 0 bridgehead atoms. The molecule has 5 heteroatoms. The number of amidine groups is 1. The van der Waals surface area contributed by atoms with Crippen molar-refractivity contribution in [2.75, 3.05) is 12.4 Å². The highest BCUT2D eigenvalue weighted by atomic mass is 35.5. The first-order valence-corrected chi connectivity index (χ1v) is 7.19. The maximum atomic E-state index is 6.09. The second-order valence-corrected chi connectivity index (χ2v) is 6.26. The fraction of sp³-hybridized carbons (Fsp3) is 0.462. The van der Waals surface area contributed by atoms with E-state index in [1.807, 2.05) is 18.2 Å². The Bertz CT molecular complexity index is 464. The first kappa shape index (κ1) is 13.6. The predicted molar refractivity (Wildman–Crippen MR) is 80.2 cm³/mol. The lowest BCUT2D eigenvalue weighted by atomic mass is 10.2. The number of nitrogens with zero attached hydrogens (tertiary/aromatic N) is 1. The monoisotopic (exact) mass is 284 g/mol. The van der Waals surface area contributed by atoms with Gasteiger partial charge in [0.15, 0.2) is 5.17 Å². The number of benzene rings is 1. The maximum Gasteiger partial charge on any atom is 0.161 e. The van der Waals surface area contributed by atoms with Gasteiger partial charge in [0.1, 0.15) is 5.75 Å². The molecule has 2 atom stereocenters. The van der Waals surface area contributed by atoms with E-state index in [2.05, 4.69) is 24.2 Å². The van der Waals surface area contributed by atoms with E-state index >= 15 is 0 Å². The van der Waals surface area contributed by atoms with Gasteiger partial charge in [0.05, 0.1) is 18.2 Å². The van der Waals surface area contributed by atoms with E-state index < -0.39 is 0 Å². The Morgan fingerprint density at radius 3 is 2.83 bits per heavy atom. The van der Waals surface area contributed by atoms with Crippen molar-refractivity contribution in [1.82, 2.24) is 0 Å². The lowest BCUT2D eigenvalue weighted by molar-refractivity contribution is 0.415. The number of thioether (sulfide) groups is 1. The summed E-state index contributed by atoms with van der Waals surface area (Å²) in [5.74, 6) is 0.683. The van der Waals surface area contributed by atoms with Crippen molar-refractivity contribution in [1.29, 1.82) is 0 Å². The second kappa shape index (κ2) is 5.85. The summed E-state index contributed by atoms with van der Waals surface area (Å²) in [4.78, 5) is 4.59. The Hall–Kier alpha value is -0.870. The molecule has 0 radical (unpaired) electrons. The first-order chi connectivity index (χ1) is 8.58. The number of methoxy groups -OCH3 is 1. The normalized spacial score (nSPS) is 23.4. The Morgan fingerprint density at radius 2 is 2.22 bits per heavy atom. The third kappa shape index (κ3) is 3.33. The van der Waals surface area contributed by atoms with Crippen LogP contribution in [0.25, 0.3) is 0 Å². The highest BCUT2D eigenvalue weighted by Crippen LogP contribution is 2.30. The fourth-order valence-electron chi connectivity index (χ4n) is 1.93. The lowest BCUT2D eigenvalue weighted by Crippen LogP contribution is -2.22. The van der Waals surface area contributed by atoms with Crippen molar-refractivity contribution in [3.63, 3.8) is 0 Å². The molecular formula is C13H17ClN2OS. The highest BCUT2D eigenvalue weighted by Gasteiger charge is 2.18. The van der Waals surface area contributed by atoms with Gasteiger partial charge in [0.25, 0.3) is 0 Å². The van der Waals surface area contributed by atoms with Crippen molar-refractivity contribution in [2.24, 2.45) is 4.99 Å². The topological polar surface area (TPSA) is 33.6 Å². The number of nitrogens with one attached hydrogen (secondary N) is 1. The third-order valence-electron chi connectivity index (χ3n) is 2.73. The molecule has 1 aliphatic heterocycles. The predicted octanol–water partition coefficient (Wildman–Crippen LogP) is 4.03. The first-order valence-electron chi connectivity index (χ1n) is 5.93. The largest absolute Gasteiger partial charge is 0.495 e. The van der Waals surface area contributed by atoms with Crippen LogP contribution in [0.4, 0.5) is 5.69 Å². The number of anilines is 1. The Labute approximate surface area is 117 Å². The number of halogens is 1. The minimum atomic E-state index is 0.373. The van der Waals surface area contributed by atoms with Crippen molar-refractivity contribution >= 4 is 34.2 Å². The summed E-state index contributed by atoms with van der Waals surface area (Å²) >= 11 is 7.86. The van der Waals surface area contributed by atoms with E-state index in [-0.39, 0.29) is 0 Å². The lowest BCUT2D eigenvalue weighted by Gasteiger charge is -2.23. The maximum absolute atomic E-state index is 6.09. The summed E-state index contributed by atoms with van der Waals surface area (Å²) in [6.45, 7) is 4.36. The molecule has 98 valence electrons. The summed E-state index contributed by atoms with van der Waals surface area (Å²) in [5, 5.41) is 5.46. The Morgan fingerprint density at radius 1 is 1.44 bits per heavy atom. The number of hydrogen-bond acceptors (Lipinski definition) is 4. The zero-order valence-electron chi connectivity index (χ0n) is 10.7. The SMILES string of the molecule is COc1ccc(NC2=NC(C)CC(C)S2)cc1Cl. The number of ether oxygens (including phenoxy) is 1. The number of rotatable bonds is 2. The molecule has 0 saturated carbocycles. The van der Waals surface area contributed by atoms with Gasteiger partial charge in [-0.25, -0.2) is 0 Å². The zero-order valence-corrected chi connectivity index (χ0v) is 12.3. The summed E-state index contributed by atoms with van der Waals surface area (Å²) in [6, 6.07) is 6.02. The molecule has 2 rings (SSSR count). The van der Waals surface area contributed by atoms with E-state index in [4.69, 9.17) is 16.3 Å². The van der Waals surface area contributed by atoms with Crippen LogP contribution in [-0.4, -0.2) is 23.6 Å². The minimum Gasteiger partial charge on any atom is -0.495 e. The molecule has 1 heterocycles. The van der Waals surface area contributed by atoms with Crippen molar-refractivity contribution < 1.29 is 4.74 Å². The second-order valence-electron chi connectivity index (χ2n) is 4.42. The summed E-state index contributed by atoms with van der Waals surface area (Å²) < 4.78 is 5.13. The van der Waals surface area contributed by atoms with Crippen LogP contribution < -0.4 is 10.1 Å². The molecule has 2 unspecified atom stereocenters. The average Bonchev–Trinajstić information content (AvgIpc) is 2.27. The molecule has 0 aromatic heterocycles. The van der Waals surface area contributed by atoms with Gasteiger partial charge in [-0.3, -0.25) is 4.99 Å². The van der Waals surface area contributed by atoms with Gasteiger partial charge >= 0.3 is 0 Å². The van der Waals surface area contributed by atoms with Gasteiger partial charge in [-0.2, -0.15) is 0 Å². The van der Waals surface area contributed by atoms with Crippen LogP contribution in [0.3, 0.4) is 0 Å². The molecular weight excluding hydrogens is 268 g/mol. The average molecular weight is 285 g/mol. The van der Waals surface area contributed by atoms with Crippen molar-refractivity contribution in [2.45, 2.75) is 31.6 Å². The Balaban J connectivity index is 2.12. The number of hydrogen-bond donors (Lipinski definition) is 1. The van der Waals surface area contributed by atoms with Crippen LogP contribution in [0.5, 0.6) is 5.75 Å².